The van der Waals surface area contributed by atoms with Crippen molar-refractivity contribution in [2.24, 2.45) is 0 Å². The molecule has 1 N–H and O–H groups in total. The Balaban J connectivity index is 1.43. The Kier molecular flexibility index (Phi) is 6.37. The van der Waals surface area contributed by atoms with Crippen molar-refractivity contribution in [2.45, 2.75) is 13.2 Å². The van der Waals surface area contributed by atoms with Crippen LogP contribution in [-0.2, 0) is 13.2 Å². The summed E-state index contributed by atoms with van der Waals surface area (Å²) in [5.41, 5.74) is 3.32. The molecule has 7 nitrogen and oxygen atoms in total. The predicted molar refractivity (Wildman–Crippen MR) is 124 cm³/mol. The number of likely N-dealkylation sites (N-methyl/N-ethyl adjacent to an activating group) is 1. The topological polar surface area (TPSA) is 76.7 Å². The van der Waals surface area contributed by atoms with E-state index >= 15 is 0 Å². The normalized spacial score (nSPS) is 11.1. The Hall–Kier alpha value is -3.84. The number of aromatic nitrogens is 1. The molecule has 32 heavy (non-hydrogen) atoms. The lowest BCUT2D eigenvalue weighted by Gasteiger charge is -2.10. The largest absolute Gasteiger partial charge is 0.489 e. The average Bonchev–Trinajstić information content (AvgIpc) is 3.11. The van der Waals surface area contributed by atoms with E-state index in [0.29, 0.717) is 47.8 Å². The summed E-state index contributed by atoms with van der Waals surface area (Å²) in [6.45, 7) is 1.66. The van der Waals surface area contributed by atoms with Gasteiger partial charge in [-0.2, -0.15) is 0 Å². The molecular formula is C25H25N3O4. The second-order valence-electron chi connectivity index (χ2n) is 7.76. The maximum Gasteiger partial charge on any atom is 0.419 e. The first kappa shape index (κ1) is 21.4. The number of hydrogen-bond donors (Lipinski definition) is 1. The quantitative estimate of drug-likeness (QED) is 0.457. The summed E-state index contributed by atoms with van der Waals surface area (Å²) >= 11 is 0. The van der Waals surface area contributed by atoms with Gasteiger partial charge in [-0.3, -0.25) is 9.36 Å². The van der Waals surface area contributed by atoms with Crippen LogP contribution >= 0.6 is 0 Å². The predicted octanol–water partition coefficient (Wildman–Crippen LogP) is 3.99. The fraction of sp³-hybridized carbons (Fsp3) is 0.200. The molecule has 1 amide bonds. The highest BCUT2D eigenvalue weighted by Crippen LogP contribution is 2.20. The molecule has 7 heteroatoms. The molecule has 0 atom stereocenters. The van der Waals surface area contributed by atoms with Crippen LogP contribution in [0.15, 0.2) is 82.0 Å². The van der Waals surface area contributed by atoms with Gasteiger partial charge in [0.05, 0.1) is 5.52 Å². The zero-order chi connectivity index (χ0) is 22.5. The highest BCUT2D eigenvalue weighted by molar-refractivity contribution is 6.05. The van der Waals surface area contributed by atoms with Gasteiger partial charge in [0.15, 0.2) is 5.58 Å². The number of fused-ring (bicyclic) bond motifs is 1. The molecule has 164 valence electrons. The van der Waals surface area contributed by atoms with Crippen LogP contribution < -0.4 is 15.8 Å². The van der Waals surface area contributed by atoms with Gasteiger partial charge in [0.25, 0.3) is 5.91 Å². The zero-order valence-electron chi connectivity index (χ0n) is 18.1. The molecule has 0 fully saturated rings. The molecule has 0 saturated heterocycles. The van der Waals surface area contributed by atoms with Crippen LogP contribution in [0, 0.1) is 0 Å². The summed E-state index contributed by atoms with van der Waals surface area (Å²) in [6.07, 6.45) is 0. The monoisotopic (exact) mass is 431 g/mol. The van der Waals surface area contributed by atoms with E-state index in [9.17, 15) is 9.59 Å². The summed E-state index contributed by atoms with van der Waals surface area (Å²) in [4.78, 5) is 26.8. The van der Waals surface area contributed by atoms with E-state index in [1.54, 1.807) is 47.0 Å². The average molecular weight is 431 g/mol. The molecule has 0 bridgehead atoms. The number of carbonyl (C=O) groups is 1. The third-order valence-corrected chi connectivity index (χ3v) is 5.06. The molecule has 1 heterocycles. The summed E-state index contributed by atoms with van der Waals surface area (Å²) < 4.78 is 12.7. The van der Waals surface area contributed by atoms with E-state index in [4.69, 9.17) is 9.15 Å². The molecule has 4 rings (SSSR count). The fourth-order valence-electron chi connectivity index (χ4n) is 3.30. The third kappa shape index (κ3) is 5.07. The van der Waals surface area contributed by atoms with Crippen LogP contribution in [-0.4, -0.2) is 36.0 Å². The lowest BCUT2D eigenvalue weighted by molar-refractivity contribution is 0.102. The molecule has 0 saturated carbocycles. The van der Waals surface area contributed by atoms with Crippen molar-refractivity contribution in [1.29, 1.82) is 0 Å². The van der Waals surface area contributed by atoms with Crippen LogP contribution in [0.5, 0.6) is 5.75 Å². The molecule has 1 aromatic heterocycles. The van der Waals surface area contributed by atoms with Crippen LogP contribution in [0.4, 0.5) is 5.69 Å². The molecule has 0 radical (unpaired) electrons. The lowest BCUT2D eigenvalue weighted by atomic mass is 10.2. The van der Waals surface area contributed by atoms with Gasteiger partial charge in [-0.25, -0.2) is 4.79 Å². The maximum absolute atomic E-state index is 12.7. The Morgan fingerprint density at radius 1 is 1.03 bits per heavy atom. The Morgan fingerprint density at radius 2 is 1.78 bits per heavy atom. The minimum Gasteiger partial charge on any atom is -0.489 e. The minimum atomic E-state index is -0.406. The molecule has 3 aromatic carbocycles. The first-order valence-electron chi connectivity index (χ1n) is 10.4. The van der Waals surface area contributed by atoms with Crippen molar-refractivity contribution in [3.8, 4) is 5.75 Å². The van der Waals surface area contributed by atoms with E-state index < -0.39 is 5.76 Å². The van der Waals surface area contributed by atoms with Gasteiger partial charge in [0, 0.05) is 24.3 Å². The Labute approximate surface area is 185 Å². The van der Waals surface area contributed by atoms with Gasteiger partial charge in [-0.05, 0) is 62.1 Å². The van der Waals surface area contributed by atoms with E-state index in [0.717, 1.165) is 5.56 Å². The first-order chi connectivity index (χ1) is 15.5. The molecule has 0 aliphatic rings. The van der Waals surface area contributed by atoms with E-state index in [-0.39, 0.29) is 5.91 Å². The second-order valence-corrected chi connectivity index (χ2v) is 7.76. The van der Waals surface area contributed by atoms with Crippen molar-refractivity contribution in [1.82, 2.24) is 9.47 Å². The number of ether oxygens (including phenoxy) is 1. The van der Waals surface area contributed by atoms with Crippen molar-refractivity contribution in [2.75, 3.05) is 26.0 Å². The molecule has 0 aliphatic carbocycles. The van der Waals surface area contributed by atoms with Gasteiger partial charge >= 0.3 is 5.76 Å². The number of anilines is 1. The van der Waals surface area contributed by atoms with Crippen LogP contribution in [0.3, 0.4) is 0 Å². The van der Waals surface area contributed by atoms with Crippen LogP contribution in [0.25, 0.3) is 11.1 Å². The highest BCUT2D eigenvalue weighted by Gasteiger charge is 2.12. The smallest absolute Gasteiger partial charge is 0.419 e. The summed E-state index contributed by atoms with van der Waals surface area (Å²) in [5.74, 6) is 0.0381. The highest BCUT2D eigenvalue weighted by atomic mass is 16.5. The van der Waals surface area contributed by atoms with Gasteiger partial charge in [0.1, 0.15) is 12.4 Å². The Morgan fingerprint density at radius 3 is 2.50 bits per heavy atom. The van der Waals surface area contributed by atoms with Gasteiger partial charge in [-0.15, -0.1) is 0 Å². The lowest BCUT2D eigenvalue weighted by Crippen LogP contribution is -2.23. The molecule has 4 aromatic rings. The molecule has 0 spiro atoms. The van der Waals surface area contributed by atoms with Crippen molar-refractivity contribution in [3.63, 3.8) is 0 Å². The van der Waals surface area contributed by atoms with Crippen LogP contribution in [0.2, 0.25) is 0 Å². The summed E-state index contributed by atoms with van der Waals surface area (Å²) in [6, 6.07) is 22.1. The number of benzene rings is 3. The van der Waals surface area contributed by atoms with Gasteiger partial charge < -0.3 is 19.4 Å². The van der Waals surface area contributed by atoms with E-state index in [1.165, 1.54) is 0 Å². The molecular weight excluding hydrogens is 406 g/mol. The SMILES string of the molecule is CN(C)CCn1c(=O)oc2ccc(NC(=O)c3ccc(OCc4ccccc4)cc3)cc21. The summed E-state index contributed by atoms with van der Waals surface area (Å²) in [5, 5.41) is 2.88. The summed E-state index contributed by atoms with van der Waals surface area (Å²) in [7, 11) is 3.88. The van der Waals surface area contributed by atoms with Crippen molar-refractivity contribution in [3.05, 3.63) is 94.5 Å². The van der Waals surface area contributed by atoms with E-state index in [1.807, 2.05) is 49.3 Å². The second kappa shape index (κ2) is 9.53. The minimum absolute atomic E-state index is 0.246. The maximum atomic E-state index is 12.7. The molecule has 0 unspecified atom stereocenters. The number of amides is 1. The zero-order valence-corrected chi connectivity index (χ0v) is 18.1. The number of nitrogens with zero attached hydrogens (tertiary/aromatic N) is 2. The van der Waals surface area contributed by atoms with Crippen molar-refractivity contribution < 1.29 is 13.9 Å². The fourth-order valence-corrected chi connectivity index (χ4v) is 3.30. The number of hydrogen-bond acceptors (Lipinski definition) is 5. The van der Waals surface area contributed by atoms with Gasteiger partial charge in [0.2, 0.25) is 0 Å². The molecule has 0 aliphatic heterocycles. The first-order valence-corrected chi connectivity index (χ1v) is 10.4. The standard InChI is InChI=1S/C25H25N3O4/c1-27(2)14-15-28-22-16-20(10-13-23(22)32-25(28)30)26-24(29)19-8-11-21(12-9-19)31-17-18-6-4-3-5-7-18/h3-13,16H,14-15,17H2,1-2H3,(H,26,29). The van der Waals surface area contributed by atoms with E-state index in [2.05, 4.69) is 5.32 Å². The van der Waals surface area contributed by atoms with Gasteiger partial charge in [-0.1, -0.05) is 30.3 Å². The van der Waals surface area contributed by atoms with Crippen molar-refractivity contribution >= 4 is 22.7 Å². The van der Waals surface area contributed by atoms with Crippen LogP contribution in [0.1, 0.15) is 15.9 Å². The number of oxazole rings is 1. The number of carbonyl (C=O) groups excluding carboxylic acids is 1. The Bertz CT molecular complexity index is 1260. The number of rotatable bonds is 8. The number of nitrogens with one attached hydrogen (secondary N) is 1. The third-order valence-electron chi connectivity index (χ3n) is 5.06.